The van der Waals surface area contributed by atoms with Crippen molar-refractivity contribution in [2.24, 2.45) is 5.14 Å². The van der Waals surface area contributed by atoms with E-state index in [-0.39, 0.29) is 17.1 Å². The molecule has 7 nitrogen and oxygen atoms in total. The van der Waals surface area contributed by atoms with E-state index in [0.717, 1.165) is 0 Å². The fourth-order valence-corrected chi connectivity index (χ4v) is 1.91. The molecule has 0 aromatic heterocycles. The van der Waals surface area contributed by atoms with Gasteiger partial charge in [-0.2, -0.15) is 0 Å². The van der Waals surface area contributed by atoms with E-state index in [4.69, 9.17) is 5.14 Å². The first-order valence-electron chi connectivity index (χ1n) is 5.43. The molecule has 8 heteroatoms. The standard InChI is InChI=1S/C11H15NO6S/c1-2-18-11(15)10(14)9(13)7-3-5-8(6-4-7)19(12,16)17/h3-6,9-10,13-14H,2H2,1H3,(H2,12,16,17). The number of hydrogen-bond donors (Lipinski definition) is 3. The molecule has 0 aliphatic carbocycles. The Labute approximate surface area is 110 Å². The average molecular weight is 289 g/mol. The van der Waals surface area contributed by atoms with Crippen LogP contribution in [0.4, 0.5) is 0 Å². The van der Waals surface area contributed by atoms with E-state index in [2.05, 4.69) is 4.74 Å². The van der Waals surface area contributed by atoms with Crippen molar-refractivity contribution in [1.82, 2.24) is 0 Å². The molecule has 0 radical (unpaired) electrons. The minimum Gasteiger partial charge on any atom is -0.464 e. The van der Waals surface area contributed by atoms with Crippen LogP contribution in [-0.2, 0) is 19.6 Å². The molecule has 2 unspecified atom stereocenters. The lowest BCUT2D eigenvalue weighted by atomic mass is 10.0. The van der Waals surface area contributed by atoms with Crippen molar-refractivity contribution in [2.75, 3.05) is 6.61 Å². The largest absolute Gasteiger partial charge is 0.464 e. The monoisotopic (exact) mass is 289 g/mol. The third-order valence-corrected chi connectivity index (χ3v) is 3.31. The van der Waals surface area contributed by atoms with Crippen LogP contribution in [0, 0.1) is 0 Å². The molecule has 1 rings (SSSR count). The summed E-state index contributed by atoms with van der Waals surface area (Å²) in [5.74, 6) is -0.953. The molecule has 0 bridgehead atoms. The van der Waals surface area contributed by atoms with Crippen LogP contribution in [0.2, 0.25) is 0 Å². The molecule has 0 aliphatic rings. The van der Waals surface area contributed by atoms with Gasteiger partial charge in [0.05, 0.1) is 11.5 Å². The number of rotatable bonds is 5. The number of aliphatic hydroxyl groups is 2. The number of carbonyl (C=O) groups excluding carboxylic acids is 1. The highest BCUT2D eigenvalue weighted by atomic mass is 32.2. The molecular formula is C11H15NO6S. The van der Waals surface area contributed by atoms with E-state index in [1.54, 1.807) is 6.92 Å². The number of esters is 1. The third-order valence-electron chi connectivity index (χ3n) is 2.38. The summed E-state index contributed by atoms with van der Waals surface area (Å²) in [6.07, 6.45) is -3.24. The van der Waals surface area contributed by atoms with Crippen molar-refractivity contribution >= 4 is 16.0 Å². The third kappa shape index (κ3) is 4.00. The summed E-state index contributed by atoms with van der Waals surface area (Å²) in [6.45, 7) is 1.64. The molecule has 4 N–H and O–H groups in total. The average Bonchev–Trinajstić information content (AvgIpc) is 2.36. The molecule has 1 aromatic rings. The van der Waals surface area contributed by atoms with Gasteiger partial charge in [-0.15, -0.1) is 0 Å². The molecule has 0 fully saturated rings. The second kappa shape index (κ2) is 6.11. The van der Waals surface area contributed by atoms with Crippen LogP contribution in [0.1, 0.15) is 18.6 Å². The zero-order chi connectivity index (χ0) is 14.6. The molecule has 0 amide bonds. The van der Waals surface area contributed by atoms with Crippen molar-refractivity contribution in [2.45, 2.75) is 24.0 Å². The van der Waals surface area contributed by atoms with Crippen LogP contribution in [0.5, 0.6) is 0 Å². The first kappa shape index (κ1) is 15.6. The number of benzene rings is 1. The maximum Gasteiger partial charge on any atom is 0.338 e. The molecule has 19 heavy (non-hydrogen) atoms. The van der Waals surface area contributed by atoms with Gasteiger partial charge in [0.25, 0.3) is 0 Å². The summed E-state index contributed by atoms with van der Waals surface area (Å²) in [6, 6.07) is 4.86. The van der Waals surface area contributed by atoms with Gasteiger partial charge in [0.15, 0.2) is 6.10 Å². The number of carbonyl (C=O) groups is 1. The molecule has 2 atom stereocenters. The maximum atomic E-state index is 11.2. The molecule has 0 heterocycles. The van der Waals surface area contributed by atoms with Gasteiger partial charge >= 0.3 is 5.97 Å². The van der Waals surface area contributed by atoms with Gasteiger partial charge in [0, 0.05) is 0 Å². The predicted octanol–water partition coefficient (Wildman–Crippen LogP) is -0.709. The summed E-state index contributed by atoms with van der Waals surface area (Å²) in [5, 5.41) is 24.2. The number of sulfonamides is 1. The van der Waals surface area contributed by atoms with Crippen LogP contribution >= 0.6 is 0 Å². The van der Waals surface area contributed by atoms with Crippen molar-refractivity contribution in [3.63, 3.8) is 0 Å². The zero-order valence-corrected chi connectivity index (χ0v) is 11.0. The number of primary sulfonamides is 1. The lowest BCUT2D eigenvalue weighted by Gasteiger charge is -2.16. The molecule has 106 valence electrons. The van der Waals surface area contributed by atoms with Crippen LogP contribution in [-0.4, -0.2) is 37.3 Å². The molecule has 1 aromatic carbocycles. The Morgan fingerprint density at radius 1 is 1.32 bits per heavy atom. The Morgan fingerprint density at radius 3 is 2.26 bits per heavy atom. The van der Waals surface area contributed by atoms with Gasteiger partial charge in [-0.05, 0) is 24.6 Å². The number of ether oxygens (including phenoxy) is 1. The quantitative estimate of drug-likeness (QED) is 0.615. The SMILES string of the molecule is CCOC(=O)C(O)C(O)c1ccc(S(N)(=O)=O)cc1. The fraction of sp³-hybridized carbons (Fsp3) is 0.364. The molecular weight excluding hydrogens is 274 g/mol. The second-order valence-electron chi connectivity index (χ2n) is 3.76. The summed E-state index contributed by atoms with van der Waals surface area (Å²) < 4.78 is 26.6. The van der Waals surface area contributed by atoms with E-state index >= 15 is 0 Å². The van der Waals surface area contributed by atoms with Gasteiger partial charge in [-0.1, -0.05) is 12.1 Å². The van der Waals surface area contributed by atoms with Crippen LogP contribution in [0.15, 0.2) is 29.2 Å². The summed E-state index contributed by atoms with van der Waals surface area (Å²) in [5.41, 5.74) is 0.174. The maximum absolute atomic E-state index is 11.2. The van der Waals surface area contributed by atoms with E-state index < -0.39 is 28.2 Å². The van der Waals surface area contributed by atoms with Crippen LogP contribution in [0.3, 0.4) is 0 Å². The summed E-state index contributed by atoms with van der Waals surface area (Å²) in [7, 11) is -3.83. The summed E-state index contributed by atoms with van der Waals surface area (Å²) >= 11 is 0. The highest BCUT2D eigenvalue weighted by Gasteiger charge is 2.27. The van der Waals surface area contributed by atoms with E-state index in [1.165, 1.54) is 24.3 Å². The molecule has 0 saturated carbocycles. The van der Waals surface area contributed by atoms with Crippen molar-refractivity contribution in [1.29, 1.82) is 0 Å². The van der Waals surface area contributed by atoms with E-state index in [0.29, 0.717) is 0 Å². The zero-order valence-electron chi connectivity index (χ0n) is 10.2. The van der Waals surface area contributed by atoms with E-state index in [9.17, 15) is 23.4 Å². The predicted molar refractivity (Wildman–Crippen MR) is 65.4 cm³/mol. The minimum atomic E-state index is -3.83. The van der Waals surface area contributed by atoms with E-state index in [1.807, 2.05) is 0 Å². The number of hydrogen-bond acceptors (Lipinski definition) is 6. The highest BCUT2D eigenvalue weighted by Crippen LogP contribution is 2.19. The molecule has 0 saturated heterocycles. The summed E-state index contributed by atoms with van der Waals surface area (Å²) in [4.78, 5) is 11.1. The van der Waals surface area contributed by atoms with Gasteiger partial charge in [-0.3, -0.25) is 0 Å². The van der Waals surface area contributed by atoms with Crippen molar-refractivity contribution < 1.29 is 28.2 Å². The Morgan fingerprint density at radius 2 is 1.84 bits per heavy atom. The van der Waals surface area contributed by atoms with Gasteiger partial charge in [-0.25, -0.2) is 18.4 Å². The van der Waals surface area contributed by atoms with Crippen LogP contribution in [0.25, 0.3) is 0 Å². The molecule has 0 aliphatic heterocycles. The van der Waals surface area contributed by atoms with Gasteiger partial charge in [0.1, 0.15) is 6.10 Å². The Bertz CT molecular complexity index is 539. The highest BCUT2D eigenvalue weighted by molar-refractivity contribution is 7.89. The molecule has 0 spiro atoms. The van der Waals surface area contributed by atoms with Crippen molar-refractivity contribution in [3.8, 4) is 0 Å². The topological polar surface area (TPSA) is 127 Å². The Balaban J connectivity index is 2.89. The number of nitrogens with two attached hydrogens (primary N) is 1. The minimum absolute atomic E-state index is 0.0764. The normalized spacial score (nSPS) is 14.7. The van der Waals surface area contributed by atoms with Gasteiger partial charge in [0.2, 0.25) is 10.0 Å². The van der Waals surface area contributed by atoms with Crippen LogP contribution < -0.4 is 5.14 Å². The Hall–Kier alpha value is -1.48. The fourth-order valence-electron chi connectivity index (χ4n) is 1.39. The lowest BCUT2D eigenvalue weighted by molar-refractivity contribution is -0.159. The number of aliphatic hydroxyl groups excluding tert-OH is 2. The van der Waals surface area contributed by atoms with Crippen molar-refractivity contribution in [3.05, 3.63) is 29.8 Å². The first-order chi connectivity index (χ1) is 8.77. The Kier molecular flexibility index (Phi) is 5.01. The second-order valence-corrected chi connectivity index (χ2v) is 5.32. The first-order valence-corrected chi connectivity index (χ1v) is 6.97. The van der Waals surface area contributed by atoms with Gasteiger partial charge < -0.3 is 14.9 Å². The lowest BCUT2D eigenvalue weighted by Crippen LogP contribution is -2.29. The smallest absolute Gasteiger partial charge is 0.338 e.